The standard InChI is InChI=1S/C22H17ClN4O5S/c1-12-13(2)33-21-19(12)20(29)26(15-7-5-6-14(23)10-15)22(30)25(21)11-18(28)24-16-8-3-4-9-17(16)27(31)32/h3-10H,11H2,1-2H3,(H,24,28). The number of anilines is 1. The molecule has 0 saturated carbocycles. The fraction of sp³-hybridized carbons (Fsp3) is 0.136. The number of aryl methyl sites for hydroxylation is 2. The molecule has 0 aliphatic carbocycles. The first-order valence-corrected chi connectivity index (χ1v) is 10.9. The van der Waals surface area contributed by atoms with E-state index in [1.165, 1.54) is 40.2 Å². The van der Waals surface area contributed by atoms with Crippen molar-refractivity contribution in [1.82, 2.24) is 9.13 Å². The topological polar surface area (TPSA) is 116 Å². The van der Waals surface area contributed by atoms with Gasteiger partial charge >= 0.3 is 5.69 Å². The molecule has 2 heterocycles. The Labute approximate surface area is 195 Å². The van der Waals surface area contributed by atoms with Crippen LogP contribution in [0.15, 0.2) is 58.1 Å². The van der Waals surface area contributed by atoms with Gasteiger partial charge in [-0.3, -0.25) is 24.3 Å². The summed E-state index contributed by atoms with van der Waals surface area (Å²) in [4.78, 5) is 51.3. The van der Waals surface area contributed by atoms with Crippen LogP contribution < -0.4 is 16.6 Å². The fourth-order valence-corrected chi connectivity index (χ4v) is 4.84. The number of hydrogen-bond donors (Lipinski definition) is 1. The molecule has 0 saturated heterocycles. The molecule has 0 unspecified atom stereocenters. The molecule has 0 fully saturated rings. The molecule has 0 radical (unpaired) electrons. The van der Waals surface area contributed by atoms with E-state index in [4.69, 9.17) is 11.6 Å². The van der Waals surface area contributed by atoms with E-state index < -0.39 is 28.6 Å². The summed E-state index contributed by atoms with van der Waals surface area (Å²) < 4.78 is 2.18. The van der Waals surface area contributed by atoms with Gasteiger partial charge in [-0.15, -0.1) is 11.3 Å². The first-order valence-electron chi connectivity index (χ1n) is 9.73. The molecule has 0 bridgehead atoms. The van der Waals surface area contributed by atoms with Gasteiger partial charge in [-0.1, -0.05) is 29.8 Å². The van der Waals surface area contributed by atoms with Gasteiger partial charge in [0.2, 0.25) is 5.91 Å². The second-order valence-electron chi connectivity index (χ2n) is 7.27. The van der Waals surface area contributed by atoms with Crippen LogP contribution >= 0.6 is 22.9 Å². The van der Waals surface area contributed by atoms with Crippen molar-refractivity contribution in [2.24, 2.45) is 0 Å². The lowest BCUT2D eigenvalue weighted by Crippen LogP contribution is -2.40. The zero-order valence-corrected chi connectivity index (χ0v) is 19.1. The van der Waals surface area contributed by atoms with Gasteiger partial charge < -0.3 is 5.32 Å². The molecule has 0 atom stereocenters. The average molecular weight is 485 g/mol. The van der Waals surface area contributed by atoms with Crippen molar-refractivity contribution in [2.45, 2.75) is 20.4 Å². The summed E-state index contributed by atoms with van der Waals surface area (Å²) in [7, 11) is 0. The lowest BCUT2D eigenvalue weighted by molar-refractivity contribution is -0.383. The molecule has 9 nitrogen and oxygen atoms in total. The van der Waals surface area contributed by atoms with Crippen molar-refractivity contribution in [3.05, 3.63) is 94.9 Å². The van der Waals surface area contributed by atoms with Crippen LogP contribution in [0.4, 0.5) is 11.4 Å². The first kappa shape index (κ1) is 22.4. The number of benzene rings is 2. The van der Waals surface area contributed by atoms with Gasteiger partial charge in [0.1, 0.15) is 17.1 Å². The maximum absolute atomic E-state index is 13.4. The number of nitro groups is 1. The zero-order chi connectivity index (χ0) is 23.9. The average Bonchev–Trinajstić information content (AvgIpc) is 3.06. The van der Waals surface area contributed by atoms with E-state index in [0.29, 0.717) is 20.8 Å². The highest BCUT2D eigenvalue weighted by molar-refractivity contribution is 7.18. The van der Waals surface area contributed by atoms with Crippen molar-refractivity contribution in [3.63, 3.8) is 0 Å². The Balaban J connectivity index is 1.87. The Kier molecular flexibility index (Phi) is 5.88. The molecule has 0 spiro atoms. The number of fused-ring (bicyclic) bond motifs is 1. The van der Waals surface area contributed by atoms with E-state index in [1.807, 2.05) is 6.92 Å². The van der Waals surface area contributed by atoms with Crippen LogP contribution in [-0.2, 0) is 11.3 Å². The highest BCUT2D eigenvalue weighted by Gasteiger charge is 2.22. The molecule has 0 aliphatic heterocycles. The quantitative estimate of drug-likeness (QED) is 0.339. The molecule has 11 heteroatoms. The molecule has 168 valence electrons. The number of hydrogen-bond acceptors (Lipinski definition) is 6. The molecule has 4 rings (SSSR count). The van der Waals surface area contributed by atoms with Crippen LogP contribution in [0.25, 0.3) is 15.9 Å². The summed E-state index contributed by atoms with van der Waals surface area (Å²) >= 11 is 7.30. The SMILES string of the molecule is Cc1sc2c(c1C)c(=O)n(-c1cccc(Cl)c1)c(=O)n2CC(=O)Nc1ccccc1[N+](=O)[O-]. The number of nitrogens with one attached hydrogen (secondary N) is 1. The number of para-hydroxylation sites is 2. The summed E-state index contributed by atoms with van der Waals surface area (Å²) in [5, 5.41) is 14.4. The maximum atomic E-state index is 13.4. The Morgan fingerprint density at radius 2 is 1.88 bits per heavy atom. The number of nitrogens with zero attached hydrogens (tertiary/aromatic N) is 3. The van der Waals surface area contributed by atoms with Crippen molar-refractivity contribution in [3.8, 4) is 5.69 Å². The summed E-state index contributed by atoms with van der Waals surface area (Å²) in [5.41, 5.74) is -0.490. The minimum absolute atomic E-state index is 0.0125. The second-order valence-corrected chi connectivity index (χ2v) is 8.91. The van der Waals surface area contributed by atoms with Gasteiger partial charge in [-0.05, 0) is 43.7 Å². The van der Waals surface area contributed by atoms with Crippen LogP contribution in [0.5, 0.6) is 0 Å². The number of aromatic nitrogens is 2. The van der Waals surface area contributed by atoms with Crippen molar-refractivity contribution in [1.29, 1.82) is 0 Å². The molecular formula is C22H17ClN4O5S. The van der Waals surface area contributed by atoms with E-state index in [9.17, 15) is 24.5 Å². The van der Waals surface area contributed by atoms with Gasteiger partial charge in [-0.2, -0.15) is 0 Å². The largest absolute Gasteiger partial charge is 0.337 e. The van der Waals surface area contributed by atoms with Crippen molar-refractivity contribution >= 4 is 50.4 Å². The first-order chi connectivity index (χ1) is 15.7. The van der Waals surface area contributed by atoms with Crippen LogP contribution in [0, 0.1) is 24.0 Å². The minimum Gasteiger partial charge on any atom is -0.319 e. The minimum atomic E-state index is -0.714. The molecule has 33 heavy (non-hydrogen) atoms. The second kappa shape index (κ2) is 8.64. The number of halogens is 1. The van der Waals surface area contributed by atoms with Crippen molar-refractivity contribution < 1.29 is 9.72 Å². The lowest BCUT2D eigenvalue weighted by atomic mass is 10.2. The van der Waals surface area contributed by atoms with E-state index in [-0.39, 0.29) is 17.1 Å². The molecule has 1 amide bonds. The summed E-state index contributed by atoms with van der Waals surface area (Å²) in [5.74, 6) is -0.646. The monoisotopic (exact) mass is 484 g/mol. The maximum Gasteiger partial charge on any atom is 0.337 e. The summed E-state index contributed by atoms with van der Waals surface area (Å²) in [6.07, 6.45) is 0. The normalized spacial score (nSPS) is 11.0. The number of rotatable bonds is 5. The predicted molar refractivity (Wildman–Crippen MR) is 128 cm³/mol. The third kappa shape index (κ3) is 4.06. The molecule has 2 aromatic carbocycles. The Morgan fingerprint density at radius 3 is 2.58 bits per heavy atom. The molecule has 1 N–H and O–H groups in total. The number of carbonyl (C=O) groups is 1. The number of amides is 1. The number of carbonyl (C=O) groups excluding carboxylic acids is 1. The number of thiophene rings is 1. The zero-order valence-electron chi connectivity index (χ0n) is 17.5. The highest BCUT2D eigenvalue weighted by atomic mass is 35.5. The van der Waals surface area contributed by atoms with Crippen LogP contribution in [0.2, 0.25) is 5.02 Å². The third-order valence-electron chi connectivity index (χ3n) is 5.19. The Hall–Kier alpha value is -3.76. The fourth-order valence-electron chi connectivity index (χ4n) is 3.51. The number of nitro benzene ring substituents is 1. The van der Waals surface area contributed by atoms with Crippen LogP contribution in [-0.4, -0.2) is 20.0 Å². The highest BCUT2D eigenvalue weighted by Crippen LogP contribution is 2.28. The van der Waals surface area contributed by atoms with Gasteiger partial charge in [0.15, 0.2) is 0 Å². The Bertz CT molecular complexity index is 1550. The van der Waals surface area contributed by atoms with Gasteiger partial charge in [0.05, 0.1) is 16.0 Å². The molecule has 0 aliphatic rings. The van der Waals surface area contributed by atoms with Crippen molar-refractivity contribution in [2.75, 3.05) is 5.32 Å². The van der Waals surface area contributed by atoms with E-state index in [2.05, 4.69) is 5.32 Å². The summed E-state index contributed by atoms with van der Waals surface area (Å²) in [6.45, 7) is 3.16. The van der Waals surface area contributed by atoms with E-state index in [0.717, 1.165) is 9.44 Å². The predicted octanol–water partition coefficient (Wildman–Crippen LogP) is 4.03. The third-order valence-corrected chi connectivity index (χ3v) is 6.66. The van der Waals surface area contributed by atoms with E-state index in [1.54, 1.807) is 31.2 Å². The molecule has 2 aromatic heterocycles. The molecular weight excluding hydrogens is 468 g/mol. The van der Waals surface area contributed by atoms with Crippen LogP contribution in [0.3, 0.4) is 0 Å². The molecule has 4 aromatic rings. The van der Waals surface area contributed by atoms with Crippen LogP contribution in [0.1, 0.15) is 10.4 Å². The van der Waals surface area contributed by atoms with Gasteiger partial charge in [-0.25, -0.2) is 9.36 Å². The lowest BCUT2D eigenvalue weighted by Gasteiger charge is -2.13. The van der Waals surface area contributed by atoms with E-state index >= 15 is 0 Å². The summed E-state index contributed by atoms with van der Waals surface area (Å²) in [6, 6.07) is 12.0. The Morgan fingerprint density at radius 1 is 1.15 bits per heavy atom. The smallest absolute Gasteiger partial charge is 0.319 e. The van der Waals surface area contributed by atoms with Gasteiger partial charge in [0, 0.05) is 16.0 Å². The van der Waals surface area contributed by atoms with Gasteiger partial charge in [0.25, 0.3) is 11.2 Å².